The summed E-state index contributed by atoms with van der Waals surface area (Å²) in [6.07, 6.45) is 1.89. The summed E-state index contributed by atoms with van der Waals surface area (Å²) in [4.78, 5) is 32.9. The Morgan fingerprint density at radius 2 is 1.97 bits per heavy atom. The van der Waals surface area contributed by atoms with Gasteiger partial charge in [-0.25, -0.2) is 4.98 Å². The molecule has 2 aromatic carbocycles. The molecule has 6 nitrogen and oxygen atoms in total. The van der Waals surface area contributed by atoms with Gasteiger partial charge in [0.05, 0.1) is 24.8 Å². The number of hydrogen-bond acceptors (Lipinski definition) is 5. The maximum atomic E-state index is 13.2. The first-order chi connectivity index (χ1) is 15.0. The molecule has 2 amide bonds. The molecule has 4 rings (SSSR count). The maximum absolute atomic E-state index is 13.2. The number of ether oxygens (including phenoxy) is 1. The van der Waals surface area contributed by atoms with E-state index in [1.54, 1.807) is 30.3 Å². The lowest BCUT2D eigenvalue weighted by Gasteiger charge is -2.27. The van der Waals surface area contributed by atoms with Crippen molar-refractivity contribution in [3.8, 4) is 5.75 Å². The minimum atomic E-state index is -0.140. The van der Waals surface area contributed by atoms with E-state index in [0.29, 0.717) is 22.0 Å². The zero-order valence-electron chi connectivity index (χ0n) is 17.6. The summed E-state index contributed by atoms with van der Waals surface area (Å²) in [5.41, 5.74) is 2.88. The van der Waals surface area contributed by atoms with Crippen molar-refractivity contribution in [2.75, 3.05) is 17.3 Å². The highest BCUT2D eigenvalue weighted by atomic mass is 32.2. The molecule has 0 radical (unpaired) electrons. The van der Waals surface area contributed by atoms with Crippen molar-refractivity contribution in [3.05, 3.63) is 71.9 Å². The third-order valence-corrected chi connectivity index (χ3v) is 6.06. The number of carbonyl (C=O) groups excluding carboxylic acids is 2. The number of anilines is 2. The Labute approximate surface area is 185 Å². The molecule has 7 heteroatoms. The third-order valence-electron chi connectivity index (χ3n) is 4.99. The number of para-hydroxylation sites is 1. The van der Waals surface area contributed by atoms with Crippen LogP contribution in [-0.4, -0.2) is 29.9 Å². The maximum Gasteiger partial charge on any atom is 0.261 e. The zero-order valence-corrected chi connectivity index (χ0v) is 18.4. The van der Waals surface area contributed by atoms with Gasteiger partial charge in [-0.1, -0.05) is 30.0 Å². The predicted octanol–water partition coefficient (Wildman–Crippen LogP) is 4.79. The molecule has 2 heterocycles. The predicted molar refractivity (Wildman–Crippen MR) is 122 cm³/mol. The van der Waals surface area contributed by atoms with Crippen molar-refractivity contribution in [2.24, 2.45) is 0 Å². The average molecular weight is 434 g/mol. The van der Waals surface area contributed by atoms with E-state index >= 15 is 0 Å². The van der Waals surface area contributed by atoms with Crippen LogP contribution in [0.4, 0.5) is 11.4 Å². The smallest absolute Gasteiger partial charge is 0.261 e. The molecule has 0 atom stereocenters. The average Bonchev–Trinajstić information content (AvgIpc) is 2.87. The van der Waals surface area contributed by atoms with Crippen LogP contribution in [0.1, 0.15) is 29.8 Å². The molecule has 0 aliphatic carbocycles. The van der Waals surface area contributed by atoms with E-state index in [9.17, 15) is 9.59 Å². The zero-order chi connectivity index (χ0) is 22.0. The second-order valence-corrected chi connectivity index (χ2v) is 8.48. The van der Waals surface area contributed by atoms with Gasteiger partial charge in [0.15, 0.2) is 0 Å². The monoisotopic (exact) mass is 433 g/mol. The van der Waals surface area contributed by atoms with E-state index in [4.69, 9.17) is 4.74 Å². The van der Waals surface area contributed by atoms with Crippen LogP contribution in [0.25, 0.3) is 0 Å². The molecular weight excluding hydrogens is 410 g/mol. The Balaban J connectivity index is 1.63. The lowest BCUT2D eigenvalue weighted by atomic mass is 10.1. The van der Waals surface area contributed by atoms with Gasteiger partial charge in [0, 0.05) is 28.4 Å². The first kappa shape index (κ1) is 20.9. The number of methoxy groups -OCH3 is 1. The van der Waals surface area contributed by atoms with Crippen molar-refractivity contribution >= 4 is 35.0 Å². The fourth-order valence-electron chi connectivity index (χ4n) is 3.59. The van der Waals surface area contributed by atoms with Crippen LogP contribution in [0.5, 0.6) is 5.75 Å². The van der Waals surface area contributed by atoms with Crippen LogP contribution in [0.15, 0.2) is 70.7 Å². The summed E-state index contributed by atoms with van der Waals surface area (Å²) in [7, 11) is 1.59. The Morgan fingerprint density at radius 3 is 2.74 bits per heavy atom. The summed E-state index contributed by atoms with van der Waals surface area (Å²) < 4.78 is 5.33. The fourth-order valence-corrected chi connectivity index (χ4v) is 4.63. The van der Waals surface area contributed by atoms with Crippen LogP contribution in [0, 0.1) is 0 Å². The number of hydrogen-bond donors (Lipinski definition) is 1. The summed E-state index contributed by atoms with van der Waals surface area (Å²) in [5, 5.41) is 3.62. The van der Waals surface area contributed by atoms with Crippen molar-refractivity contribution in [1.82, 2.24) is 4.98 Å². The van der Waals surface area contributed by atoms with Crippen molar-refractivity contribution in [1.29, 1.82) is 0 Å². The SMILES string of the molecule is COc1ccccc1CC(=O)Nc1ccc2c(c1)Sc1ncccc1C(=O)N2C(C)C. The lowest BCUT2D eigenvalue weighted by Crippen LogP contribution is -2.37. The Bertz CT molecular complexity index is 1150. The number of benzene rings is 2. The normalized spacial score (nSPS) is 12.8. The number of nitrogens with one attached hydrogen (secondary N) is 1. The highest BCUT2D eigenvalue weighted by molar-refractivity contribution is 7.99. The van der Waals surface area contributed by atoms with Crippen molar-refractivity contribution in [3.63, 3.8) is 0 Å². The van der Waals surface area contributed by atoms with Crippen LogP contribution >= 0.6 is 11.8 Å². The molecule has 31 heavy (non-hydrogen) atoms. The summed E-state index contributed by atoms with van der Waals surface area (Å²) >= 11 is 1.43. The second-order valence-electron chi connectivity index (χ2n) is 7.45. The van der Waals surface area contributed by atoms with Crippen LogP contribution in [0.2, 0.25) is 0 Å². The standard InChI is InChI=1S/C24H23N3O3S/c1-15(2)27-19-11-10-17(26-22(28)13-16-7-4-5-9-20(16)30-3)14-21(19)31-23-18(24(27)29)8-6-12-25-23/h4-12,14-15H,13H2,1-3H3,(H,26,28). The minimum Gasteiger partial charge on any atom is -0.496 e. The van der Waals surface area contributed by atoms with Gasteiger partial charge in [-0.05, 0) is 50.2 Å². The molecule has 3 aromatic rings. The Hall–Kier alpha value is -3.32. The topological polar surface area (TPSA) is 71.5 Å². The largest absolute Gasteiger partial charge is 0.496 e. The number of carbonyl (C=O) groups is 2. The van der Waals surface area contributed by atoms with Gasteiger partial charge in [-0.3, -0.25) is 9.59 Å². The first-order valence-corrected chi connectivity index (χ1v) is 10.8. The quantitative estimate of drug-likeness (QED) is 0.626. The molecule has 0 spiro atoms. The highest BCUT2D eigenvalue weighted by Crippen LogP contribution is 2.42. The van der Waals surface area contributed by atoms with Crippen LogP contribution in [0.3, 0.4) is 0 Å². The molecule has 1 aliphatic rings. The number of pyridine rings is 1. The van der Waals surface area contributed by atoms with Gasteiger partial charge in [-0.15, -0.1) is 0 Å². The van der Waals surface area contributed by atoms with E-state index in [1.807, 2.05) is 56.3 Å². The molecule has 1 N–H and O–H groups in total. The van der Waals surface area contributed by atoms with Gasteiger partial charge in [-0.2, -0.15) is 0 Å². The summed E-state index contributed by atoms with van der Waals surface area (Å²) in [6, 6.07) is 16.6. The van der Waals surface area contributed by atoms with E-state index in [0.717, 1.165) is 16.1 Å². The van der Waals surface area contributed by atoms with Gasteiger partial charge >= 0.3 is 0 Å². The van der Waals surface area contributed by atoms with E-state index < -0.39 is 0 Å². The van der Waals surface area contributed by atoms with Crippen LogP contribution in [-0.2, 0) is 11.2 Å². The van der Waals surface area contributed by atoms with Gasteiger partial charge in [0.2, 0.25) is 5.91 Å². The fraction of sp³-hybridized carbons (Fsp3) is 0.208. The summed E-state index contributed by atoms with van der Waals surface area (Å²) in [5.74, 6) is 0.472. The Kier molecular flexibility index (Phi) is 5.95. The molecule has 0 unspecified atom stereocenters. The molecular formula is C24H23N3O3S. The van der Waals surface area contributed by atoms with Crippen molar-refractivity contribution in [2.45, 2.75) is 36.2 Å². The van der Waals surface area contributed by atoms with E-state index in [1.165, 1.54) is 11.8 Å². The van der Waals surface area contributed by atoms with E-state index in [2.05, 4.69) is 10.3 Å². The lowest BCUT2D eigenvalue weighted by molar-refractivity contribution is -0.115. The molecule has 158 valence electrons. The molecule has 0 saturated heterocycles. The molecule has 1 aromatic heterocycles. The number of aromatic nitrogens is 1. The van der Waals surface area contributed by atoms with Crippen molar-refractivity contribution < 1.29 is 14.3 Å². The summed E-state index contributed by atoms with van der Waals surface area (Å²) in [6.45, 7) is 3.97. The van der Waals surface area contributed by atoms with Gasteiger partial charge in [0.25, 0.3) is 5.91 Å². The number of amides is 2. The van der Waals surface area contributed by atoms with Gasteiger partial charge < -0.3 is 15.0 Å². The Morgan fingerprint density at radius 1 is 1.16 bits per heavy atom. The molecule has 0 saturated carbocycles. The number of nitrogens with zero attached hydrogens (tertiary/aromatic N) is 2. The molecule has 0 bridgehead atoms. The third kappa shape index (κ3) is 4.27. The molecule has 1 aliphatic heterocycles. The van der Waals surface area contributed by atoms with Crippen LogP contribution < -0.4 is 15.0 Å². The molecule has 0 fully saturated rings. The second kappa shape index (κ2) is 8.81. The minimum absolute atomic E-state index is 0.0241. The number of fused-ring (bicyclic) bond motifs is 2. The highest BCUT2D eigenvalue weighted by Gasteiger charge is 2.30. The van der Waals surface area contributed by atoms with Gasteiger partial charge in [0.1, 0.15) is 10.8 Å². The number of rotatable bonds is 5. The first-order valence-electron chi connectivity index (χ1n) is 10.00. The van der Waals surface area contributed by atoms with E-state index in [-0.39, 0.29) is 24.3 Å².